The summed E-state index contributed by atoms with van der Waals surface area (Å²) in [6, 6.07) is 19.6. The van der Waals surface area contributed by atoms with Gasteiger partial charge in [-0.05, 0) is 59.8 Å². The van der Waals surface area contributed by atoms with Crippen molar-refractivity contribution >= 4 is 65.1 Å². The second-order valence-electron chi connectivity index (χ2n) is 19.8. The average Bonchev–Trinajstić information content (AvgIpc) is 3.61. The van der Waals surface area contributed by atoms with Gasteiger partial charge in [-0.2, -0.15) is 0 Å². The van der Waals surface area contributed by atoms with E-state index in [0.29, 0.717) is 22.3 Å². The first-order valence-corrected chi connectivity index (χ1v) is 25.7. The van der Waals surface area contributed by atoms with E-state index in [9.17, 15) is 109 Å². The largest absolute Gasteiger partial charge is 0.480 e. The number of nitrogens with one attached hydrogen (secondary N) is 2. The highest BCUT2D eigenvalue weighted by Gasteiger charge is 2.39. The van der Waals surface area contributed by atoms with Crippen LogP contribution >= 0.6 is 0 Å². The number of nitrogens with zero attached hydrogens (tertiary/aromatic N) is 6. The summed E-state index contributed by atoms with van der Waals surface area (Å²) in [5.74, 6) is -17.1. The summed E-state index contributed by atoms with van der Waals surface area (Å²) in [4.78, 5) is 139. The van der Waals surface area contributed by atoms with E-state index >= 15 is 0 Å². The van der Waals surface area contributed by atoms with Gasteiger partial charge in [0.25, 0.3) is 11.4 Å². The second kappa shape index (κ2) is 32.9. The number of carbonyl (C=O) groups is 9. The zero-order valence-corrected chi connectivity index (χ0v) is 44.8. The van der Waals surface area contributed by atoms with Crippen LogP contribution in [0.4, 0.5) is 11.4 Å². The van der Waals surface area contributed by atoms with Gasteiger partial charge >= 0.3 is 53.7 Å². The predicted molar refractivity (Wildman–Crippen MR) is 291 cm³/mol. The molecule has 0 aliphatic rings. The van der Waals surface area contributed by atoms with E-state index in [1.165, 1.54) is 34.1 Å². The Hall–Kier alpha value is -9.33. The lowest BCUT2D eigenvalue weighted by Crippen LogP contribution is -2.59. The lowest BCUT2D eigenvalue weighted by molar-refractivity contribution is -0.385. The van der Waals surface area contributed by atoms with Gasteiger partial charge in [0.15, 0.2) is 6.17 Å². The van der Waals surface area contributed by atoms with Gasteiger partial charge in [-0.3, -0.25) is 69.6 Å². The van der Waals surface area contributed by atoms with Crippen molar-refractivity contribution in [3.8, 4) is 0 Å². The van der Waals surface area contributed by atoms with Gasteiger partial charge in [0.1, 0.15) is 0 Å². The number of rotatable bonds is 41. The molecule has 0 aliphatic heterocycles. The third-order valence-electron chi connectivity index (χ3n) is 13.1. The van der Waals surface area contributed by atoms with Crippen molar-refractivity contribution in [2.24, 2.45) is 11.8 Å². The minimum Gasteiger partial charge on any atom is -0.480 e. The molecule has 0 radical (unpaired) electrons. The molecule has 0 fully saturated rings. The highest BCUT2D eigenvalue weighted by molar-refractivity contribution is 5.97. The quantitative estimate of drug-likeness (QED) is 0.0128. The van der Waals surface area contributed by atoms with Crippen LogP contribution in [0.25, 0.3) is 0 Å². The van der Waals surface area contributed by atoms with Crippen molar-refractivity contribution in [1.29, 1.82) is 0 Å². The molecule has 30 nitrogen and oxygen atoms in total. The molecule has 0 aliphatic carbocycles. The van der Waals surface area contributed by atoms with Crippen LogP contribution in [0.15, 0.2) is 109 Å². The lowest BCUT2D eigenvalue weighted by atomic mass is 9.95. The Balaban J connectivity index is 1.84. The van der Waals surface area contributed by atoms with Gasteiger partial charge in [0.2, 0.25) is 12.1 Å². The fraction of sp³-hybridized carbons (Fsp3) is 0.389. The molecular weight excluding hydrogens is 1110 g/mol. The fourth-order valence-corrected chi connectivity index (χ4v) is 9.86. The van der Waals surface area contributed by atoms with Crippen LogP contribution in [0.2, 0.25) is 0 Å². The first kappa shape index (κ1) is 67.2. The molecule has 30 heteroatoms. The van der Waals surface area contributed by atoms with E-state index in [0.717, 1.165) is 34.1 Å². The second-order valence-corrected chi connectivity index (χ2v) is 19.8. The molecular formula is C54H64N8O22. The van der Waals surface area contributed by atoms with E-state index in [4.69, 9.17) is 0 Å². The topological polar surface area (TPSA) is 459 Å². The Kier molecular flexibility index (Phi) is 26.3. The number of non-ortho nitro benzene ring substituents is 2. The predicted octanol–water partition coefficient (Wildman–Crippen LogP) is 0.955. The summed E-state index contributed by atoms with van der Waals surface area (Å²) >= 11 is 0. The Morgan fingerprint density at radius 1 is 0.381 bits per heavy atom. The van der Waals surface area contributed by atoms with Crippen molar-refractivity contribution in [3.63, 3.8) is 0 Å². The van der Waals surface area contributed by atoms with Crippen molar-refractivity contribution in [1.82, 2.24) is 30.2 Å². The molecule has 0 aromatic heterocycles. The summed E-state index contributed by atoms with van der Waals surface area (Å²) in [6.45, 7) is -6.48. The summed E-state index contributed by atoms with van der Waals surface area (Å²) in [7, 11) is 0. The number of nitro benzene ring substituents is 2. The van der Waals surface area contributed by atoms with Crippen LogP contribution in [-0.2, 0) is 68.8 Å². The molecule has 0 heterocycles. The monoisotopic (exact) mass is 1180 g/mol. The number of hydrogen-bond donors (Lipinski definition) is 11. The maximum absolute atomic E-state index is 13.8. The Bertz CT molecular complexity index is 2700. The molecule has 4 unspecified atom stereocenters. The number of carboxylic acid groups (broad SMARTS) is 9. The molecule has 0 saturated heterocycles. The summed E-state index contributed by atoms with van der Waals surface area (Å²) in [5.41, 5.74) is 1.19. The molecule has 0 saturated carbocycles. The van der Waals surface area contributed by atoms with Crippen molar-refractivity contribution in [2.75, 3.05) is 65.4 Å². The number of carboxylic acids is 9. The molecule has 0 bridgehead atoms. The zero-order valence-electron chi connectivity index (χ0n) is 44.8. The standard InChI is InChI=1S/C54H64N8O22/c63-43(64)29-57(27-39(55-47(50(71)72)51(73)74)21-35-11-15-41(16-12-35)61(81)82)23-37(19-33-7-3-1-4-8-33)25-59(31-45(67)68)49(54(79)80)60(32-46(69)70)26-38(20-34-9-5-2-6-10-34)24-58(30-44(65)66)28-40(56-48(52(75)76)53(77)78)22-36-13-17-42(18-14-36)62(83)84/h1-18,37-40,47-49,55-56H,19-32H2,(H,63,64)(H,65,66)(H,67,68)(H,69,70)(H,71,72)(H,73,74)(H,75,76)(H,77,78)(H,79,80). The average molecular weight is 1180 g/mol. The van der Waals surface area contributed by atoms with Crippen LogP contribution in [0, 0.1) is 32.1 Å². The number of nitro groups is 2. The molecule has 4 atom stereocenters. The van der Waals surface area contributed by atoms with Gasteiger partial charge in [0, 0.05) is 75.6 Å². The van der Waals surface area contributed by atoms with E-state index in [-0.39, 0.29) is 50.1 Å². The molecule has 4 rings (SSSR count). The maximum atomic E-state index is 13.8. The number of benzene rings is 4. The fourth-order valence-electron chi connectivity index (χ4n) is 9.86. The number of aliphatic carboxylic acids is 9. The molecule has 0 spiro atoms. The van der Waals surface area contributed by atoms with Crippen LogP contribution in [0.3, 0.4) is 0 Å². The third kappa shape index (κ3) is 23.3. The van der Waals surface area contributed by atoms with Crippen LogP contribution in [0.1, 0.15) is 22.3 Å². The van der Waals surface area contributed by atoms with Gasteiger partial charge in [-0.25, -0.2) is 24.0 Å². The van der Waals surface area contributed by atoms with E-state index < -0.39 is 158 Å². The summed E-state index contributed by atoms with van der Waals surface area (Å²) in [5, 5.41) is 120. The van der Waals surface area contributed by atoms with E-state index in [2.05, 4.69) is 10.6 Å². The van der Waals surface area contributed by atoms with E-state index in [1.807, 2.05) is 0 Å². The first-order chi connectivity index (χ1) is 39.7. The van der Waals surface area contributed by atoms with Crippen molar-refractivity contribution in [3.05, 3.63) is 152 Å². The Morgan fingerprint density at radius 2 is 0.679 bits per heavy atom. The first-order valence-electron chi connectivity index (χ1n) is 25.7. The summed E-state index contributed by atoms with van der Waals surface area (Å²) in [6.07, 6.45) is -2.65. The van der Waals surface area contributed by atoms with Gasteiger partial charge < -0.3 is 46.0 Å². The van der Waals surface area contributed by atoms with Gasteiger partial charge in [0.05, 0.1) is 36.0 Å². The molecule has 84 heavy (non-hydrogen) atoms. The Morgan fingerprint density at radius 3 is 0.940 bits per heavy atom. The Labute approximate surface area is 478 Å². The smallest absolute Gasteiger partial charge is 0.336 e. The van der Waals surface area contributed by atoms with Crippen molar-refractivity contribution < 1.29 is 99.0 Å². The molecule has 0 amide bonds. The van der Waals surface area contributed by atoms with E-state index in [1.54, 1.807) is 60.7 Å². The van der Waals surface area contributed by atoms with Crippen LogP contribution in [0.5, 0.6) is 0 Å². The maximum Gasteiger partial charge on any atom is 0.336 e. The zero-order chi connectivity index (χ0) is 62.2. The normalized spacial score (nSPS) is 13.3. The molecule has 452 valence electrons. The van der Waals surface area contributed by atoms with Crippen LogP contribution in [-0.4, -0.2) is 225 Å². The van der Waals surface area contributed by atoms with Crippen LogP contribution < -0.4 is 10.6 Å². The lowest BCUT2D eigenvalue weighted by Gasteiger charge is -2.40. The molecule has 11 N–H and O–H groups in total. The SMILES string of the molecule is O=C(O)CN(CC(Cc1ccccc1)CN(CC(=O)O)C(C(=O)O)N(CC(=O)O)CC(Cc1ccccc1)CN(CC(=O)O)CC(Cc1ccc([N+](=O)[O-])cc1)NC(C(=O)O)C(=O)O)CC(Cc1ccc([N+](=O)[O-])cc1)NC(C(=O)O)C(=O)O. The highest BCUT2D eigenvalue weighted by Crippen LogP contribution is 2.23. The van der Waals surface area contributed by atoms with Gasteiger partial charge in [-0.1, -0.05) is 84.9 Å². The number of hydrogen-bond acceptors (Lipinski definition) is 19. The van der Waals surface area contributed by atoms with Crippen molar-refractivity contribution in [2.45, 2.75) is 56.0 Å². The van der Waals surface area contributed by atoms with Gasteiger partial charge in [-0.15, -0.1) is 0 Å². The summed E-state index contributed by atoms with van der Waals surface area (Å²) < 4.78 is 0. The molecule has 4 aromatic rings. The minimum atomic E-state index is -2.24. The minimum absolute atomic E-state index is 0.0356. The molecule has 4 aromatic carbocycles. The highest BCUT2D eigenvalue weighted by atomic mass is 16.6. The third-order valence-corrected chi connectivity index (χ3v) is 13.1.